The monoisotopic (exact) mass is 462 g/mol. The van der Waals surface area contributed by atoms with Gasteiger partial charge < -0.3 is 10.6 Å². The average molecular weight is 463 g/mol. The van der Waals surface area contributed by atoms with Crippen LogP contribution >= 0.6 is 11.3 Å². The molecule has 4 aromatic rings. The molecule has 0 aliphatic heterocycles. The van der Waals surface area contributed by atoms with Gasteiger partial charge in [0.05, 0.1) is 4.88 Å². The standard InChI is InChI=1S/C11H8OS.C9H14N2.C7H5FO/c12-8-10-6-7-11(13-10)9-4-2-1-3-5-9;1-10-7-8-4-3-5-9(6-8)11-2;8-7-3-1-6(5-9)2-4-7/h1-8H;3-6,10-11H,7H2,1-2H3;1-5H. The van der Waals surface area contributed by atoms with Gasteiger partial charge in [-0.1, -0.05) is 42.5 Å². The van der Waals surface area contributed by atoms with Gasteiger partial charge in [-0.2, -0.15) is 0 Å². The maximum Gasteiger partial charge on any atom is 0.160 e. The van der Waals surface area contributed by atoms with E-state index < -0.39 is 0 Å². The van der Waals surface area contributed by atoms with E-state index in [1.54, 1.807) is 0 Å². The van der Waals surface area contributed by atoms with Crippen LogP contribution in [0.3, 0.4) is 0 Å². The minimum absolute atomic E-state index is 0.319. The Labute approximate surface area is 198 Å². The lowest BCUT2D eigenvalue weighted by Crippen LogP contribution is -2.04. The van der Waals surface area contributed by atoms with E-state index in [-0.39, 0.29) is 5.82 Å². The lowest BCUT2D eigenvalue weighted by Gasteiger charge is -2.03. The molecule has 2 N–H and O–H groups in total. The van der Waals surface area contributed by atoms with E-state index in [4.69, 9.17) is 0 Å². The highest BCUT2D eigenvalue weighted by atomic mass is 32.1. The highest BCUT2D eigenvalue weighted by Gasteiger charge is 2.00. The number of aldehydes is 2. The van der Waals surface area contributed by atoms with Crippen LogP contribution in [-0.2, 0) is 6.54 Å². The van der Waals surface area contributed by atoms with Crippen LogP contribution in [0.5, 0.6) is 0 Å². The van der Waals surface area contributed by atoms with Gasteiger partial charge in [-0.05, 0) is 66.7 Å². The average Bonchev–Trinajstić information content (AvgIpc) is 3.36. The quantitative estimate of drug-likeness (QED) is 0.330. The Bertz CT molecular complexity index is 1110. The number of carbonyl (C=O) groups is 2. The maximum absolute atomic E-state index is 12.1. The molecule has 4 rings (SSSR count). The van der Waals surface area contributed by atoms with E-state index in [9.17, 15) is 14.0 Å². The van der Waals surface area contributed by atoms with Crippen molar-refractivity contribution < 1.29 is 14.0 Å². The van der Waals surface area contributed by atoms with Gasteiger partial charge in [0.25, 0.3) is 0 Å². The lowest BCUT2D eigenvalue weighted by atomic mass is 10.2. The normalized spacial score (nSPS) is 9.55. The first-order valence-electron chi connectivity index (χ1n) is 10.3. The van der Waals surface area contributed by atoms with Crippen LogP contribution in [0.4, 0.5) is 10.1 Å². The molecule has 0 bridgehead atoms. The van der Waals surface area contributed by atoms with Crippen molar-refractivity contribution in [1.29, 1.82) is 0 Å². The first-order valence-corrected chi connectivity index (χ1v) is 11.1. The van der Waals surface area contributed by atoms with Crippen molar-refractivity contribution >= 4 is 29.6 Å². The molecule has 0 radical (unpaired) electrons. The number of hydrogen-bond acceptors (Lipinski definition) is 5. The molecule has 6 heteroatoms. The summed E-state index contributed by atoms with van der Waals surface area (Å²) in [5.41, 5.74) is 4.13. The Morgan fingerprint density at radius 2 is 1.55 bits per heavy atom. The Morgan fingerprint density at radius 1 is 0.818 bits per heavy atom. The van der Waals surface area contributed by atoms with Crippen molar-refractivity contribution in [2.24, 2.45) is 0 Å². The third-order valence-electron chi connectivity index (χ3n) is 4.40. The Balaban J connectivity index is 0.000000178. The Hall–Kier alpha value is -3.61. The van der Waals surface area contributed by atoms with Gasteiger partial charge in [-0.25, -0.2) is 4.39 Å². The highest BCUT2D eigenvalue weighted by molar-refractivity contribution is 7.17. The summed E-state index contributed by atoms with van der Waals surface area (Å²) in [7, 11) is 3.88. The van der Waals surface area contributed by atoms with E-state index in [1.165, 1.54) is 46.7 Å². The van der Waals surface area contributed by atoms with E-state index in [0.717, 1.165) is 28.3 Å². The molecule has 0 aliphatic carbocycles. The third kappa shape index (κ3) is 9.19. The van der Waals surface area contributed by atoms with E-state index >= 15 is 0 Å². The zero-order valence-electron chi connectivity index (χ0n) is 18.6. The zero-order chi connectivity index (χ0) is 23.9. The van der Waals surface area contributed by atoms with Gasteiger partial charge in [0.2, 0.25) is 0 Å². The number of carbonyl (C=O) groups excluding carboxylic acids is 2. The second-order valence-corrected chi connectivity index (χ2v) is 7.95. The number of anilines is 1. The predicted octanol–water partition coefficient (Wildman–Crippen LogP) is 6.31. The number of rotatable bonds is 6. The second-order valence-electron chi connectivity index (χ2n) is 6.84. The molecular weight excluding hydrogens is 435 g/mol. The van der Waals surface area contributed by atoms with Crippen LogP contribution in [0, 0.1) is 5.82 Å². The van der Waals surface area contributed by atoms with Crippen LogP contribution in [0.15, 0.2) is 91.0 Å². The summed E-state index contributed by atoms with van der Waals surface area (Å²) in [6.07, 6.45) is 1.57. The van der Waals surface area contributed by atoms with Gasteiger partial charge in [0.1, 0.15) is 12.1 Å². The molecular formula is C27H27FN2O2S. The molecule has 0 aliphatic rings. The van der Waals surface area contributed by atoms with Crippen molar-refractivity contribution in [2.75, 3.05) is 19.4 Å². The molecule has 0 saturated heterocycles. The minimum atomic E-state index is -0.319. The van der Waals surface area contributed by atoms with Gasteiger partial charge >= 0.3 is 0 Å². The molecule has 0 atom stereocenters. The highest BCUT2D eigenvalue weighted by Crippen LogP contribution is 2.26. The van der Waals surface area contributed by atoms with Crippen molar-refractivity contribution in [3.05, 3.63) is 113 Å². The summed E-state index contributed by atoms with van der Waals surface area (Å²) in [6, 6.07) is 27.6. The third-order valence-corrected chi connectivity index (χ3v) is 5.46. The predicted molar refractivity (Wildman–Crippen MR) is 136 cm³/mol. The number of thiophene rings is 1. The molecule has 0 amide bonds. The topological polar surface area (TPSA) is 58.2 Å². The van der Waals surface area contributed by atoms with Crippen LogP contribution in [0.2, 0.25) is 0 Å². The summed E-state index contributed by atoms with van der Waals surface area (Å²) in [5.74, 6) is -0.319. The Kier molecular flexibility index (Phi) is 11.2. The van der Waals surface area contributed by atoms with Gasteiger partial charge in [0, 0.05) is 29.7 Å². The fraction of sp³-hybridized carbons (Fsp3) is 0.111. The van der Waals surface area contributed by atoms with E-state index in [0.29, 0.717) is 11.8 Å². The second kappa shape index (κ2) is 14.5. The fourth-order valence-corrected chi connectivity index (χ4v) is 3.58. The SMILES string of the molecule is CNCc1cccc(NC)c1.O=Cc1ccc(-c2ccccc2)s1.O=Cc1ccc(F)cc1. The lowest BCUT2D eigenvalue weighted by molar-refractivity contribution is 0.111. The Morgan fingerprint density at radius 3 is 2.12 bits per heavy atom. The van der Waals surface area contributed by atoms with E-state index in [2.05, 4.69) is 34.9 Å². The van der Waals surface area contributed by atoms with Gasteiger partial charge in [-0.15, -0.1) is 11.3 Å². The largest absolute Gasteiger partial charge is 0.388 e. The summed E-state index contributed by atoms with van der Waals surface area (Å²) in [6.45, 7) is 0.926. The summed E-state index contributed by atoms with van der Waals surface area (Å²) < 4.78 is 12.1. The fourth-order valence-electron chi connectivity index (χ4n) is 2.76. The van der Waals surface area contributed by atoms with Gasteiger partial charge in [0.15, 0.2) is 6.29 Å². The molecule has 0 saturated carbocycles. The number of benzene rings is 3. The van der Waals surface area contributed by atoms with Crippen molar-refractivity contribution in [3.8, 4) is 10.4 Å². The molecule has 3 aromatic carbocycles. The van der Waals surface area contributed by atoms with Crippen LogP contribution in [0.1, 0.15) is 25.6 Å². The number of hydrogen-bond donors (Lipinski definition) is 2. The minimum Gasteiger partial charge on any atom is -0.388 e. The summed E-state index contributed by atoms with van der Waals surface area (Å²) in [4.78, 5) is 22.4. The summed E-state index contributed by atoms with van der Waals surface area (Å²) >= 11 is 1.52. The summed E-state index contributed by atoms with van der Waals surface area (Å²) in [5, 5.41) is 6.21. The molecule has 0 fully saturated rings. The molecule has 1 heterocycles. The molecule has 170 valence electrons. The van der Waals surface area contributed by atoms with Crippen molar-refractivity contribution in [1.82, 2.24) is 5.32 Å². The zero-order valence-corrected chi connectivity index (χ0v) is 19.4. The molecule has 4 nitrogen and oxygen atoms in total. The van der Waals surface area contributed by atoms with Crippen molar-refractivity contribution in [2.45, 2.75) is 6.54 Å². The smallest absolute Gasteiger partial charge is 0.160 e. The van der Waals surface area contributed by atoms with Crippen LogP contribution in [-0.4, -0.2) is 26.7 Å². The number of nitrogens with one attached hydrogen (secondary N) is 2. The van der Waals surface area contributed by atoms with Gasteiger partial charge in [-0.3, -0.25) is 9.59 Å². The molecule has 0 spiro atoms. The van der Waals surface area contributed by atoms with Crippen LogP contribution < -0.4 is 10.6 Å². The molecule has 1 aromatic heterocycles. The number of halogens is 1. The van der Waals surface area contributed by atoms with E-state index in [1.807, 2.05) is 56.6 Å². The first kappa shape index (κ1) is 25.6. The van der Waals surface area contributed by atoms with Crippen LogP contribution in [0.25, 0.3) is 10.4 Å². The van der Waals surface area contributed by atoms with Crippen molar-refractivity contribution in [3.63, 3.8) is 0 Å². The maximum atomic E-state index is 12.1. The molecule has 33 heavy (non-hydrogen) atoms. The first-order chi connectivity index (χ1) is 16.1. The molecule has 0 unspecified atom stereocenters.